The lowest BCUT2D eigenvalue weighted by Gasteiger charge is -2.39. The van der Waals surface area contributed by atoms with Gasteiger partial charge >= 0.3 is 0 Å². The van der Waals surface area contributed by atoms with Crippen molar-refractivity contribution in [3.05, 3.63) is 42.0 Å². The van der Waals surface area contributed by atoms with Gasteiger partial charge in [-0.05, 0) is 33.3 Å². The van der Waals surface area contributed by atoms with E-state index in [1.165, 1.54) is 16.7 Å². The number of hydrogen-bond acceptors (Lipinski definition) is 2. The summed E-state index contributed by atoms with van der Waals surface area (Å²) < 4.78 is 0.227. The molecule has 0 aromatic heterocycles. The van der Waals surface area contributed by atoms with E-state index >= 15 is 0 Å². The first-order valence-corrected chi connectivity index (χ1v) is 10.5. The Morgan fingerprint density at radius 2 is 1.50 bits per heavy atom. The van der Waals surface area contributed by atoms with E-state index in [1.54, 1.807) is 0 Å². The SMILES string of the molecule is C=C(c1ccc(C(C)(C)C)cc1)C(CS)CSC(C)(C)C(C)(C)C. The average Bonchev–Trinajstić information content (AvgIpc) is 2.45. The van der Waals surface area contributed by atoms with Gasteiger partial charge in [-0.25, -0.2) is 0 Å². The molecule has 0 N–H and O–H groups in total. The molecule has 0 bridgehead atoms. The highest BCUT2D eigenvalue weighted by molar-refractivity contribution is 8.00. The fraction of sp³-hybridized carbons (Fsp3) is 0.636. The minimum Gasteiger partial charge on any atom is -0.179 e. The van der Waals surface area contributed by atoms with Gasteiger partial charge in [0.05, 0.1) is 0 Å². The van der Waals surface area contributed by atoms with Gasteiger partial charge in [-0.15, -0.1) is 0 Å². The van der Waals surface area contributed by atoms with Gasteiger partial charge in [0.1, 0.15) is 0 Å². The number of thiol groups is 1. The molecule has 0 aliphatic rings. The third kappa shape index (κ3) is 5.59. The predicted molar refractivity (Wildman–Crippen MR) is 118 cm³/mol. The smallest absolute Gasteiger partial charge is 0.0152 e. The van der Waals surface area contributed by atoms with Crippen LogP contribution < -0.4 is 0 Å². The molecule has 1 atom stereocenters. The van der Waals surface area contributed by atoms with Crippen LogP contribution in [0.4, 0.5) is 0 Å². The van der Waals surface area contributed by atoms with E-state index in [4.69, 9.17) is 0 Å². The van der Waals surface area contributed by atoms with Gasteiger partial charge in [-0.2, -0.15) is 24.4 Å². The maximum atomic E-state index is 4.60. The Labute approximate surface area is 160 Å². The van der Waals surface area contributed by atoms with E-state index in [0.29, 0.717) is 5.92 Å². The van der Waals surface area contributed by atoms with Crippen molar-refractivity contribution in [3.63, 3.8) is 0 Å². The lowest BCUT2D eigenvalue weighted by molar-refractivity contribution is 0.319. The van der Waals surface area contributed by atoms with Crippen LogP contribution in [0, 0.1) is 11.3 Å². The van der Waals surface area contributed by atoms with Crippen molar-refractivity contribution in [2.24, 2.45) is 11.3 Å². The normalized spacial score (nSPS) is 14.5. The summed E-state index contributed by atoms with van der Waals surface area (Å²) in [7, 11) is 0. The van der Waals surface area contributed by atoms with Gasteiger partial charge in [-0.1, -0.05) is 86.2 Å². The van der Waals surface area contributed by atoms with Gasteiger partial charge in [0.25, 0.3) is 0 Å². The largest absolute Gasteiger partial charge is 0.179 e. The second kappa shape index (κ2) is 7.91. The Bertz CT molecular complexity index is 539. The van der Waals surface area contributed by atoms with Crippen molar-refractivity contribution < 1.29 is 0 Å². The van der Waals surface area contributed by atoms with Crippen molar-refractivity contribution in [1.29, 1.82) is 0 Å². The van der Waals surface area contributed by atoms with Crippen molar-refractivity contribution in [3.8, 4) is 0 Å². The third-order valence-corrected chi connectivity index (χ3v) is 7.63. The van der Waals surface area contributed by atoms with E-state index < -0.39 is 0 Å². The zero-order valence-electron chi connectivity index (χ0n) is 16.9. The van der Waals surface area contributed by atoms with Crippen molar-refractivity contribution in [2.75, 3.05) is 11.5 Å². The maximum Gasteiger partial charge on any atom is 0.0152 e. The van der Waals surface area contributed by atoms with Crippen LogP contribution in [0.25, 0.3) is 5.57 Å². The molecular formula is C22H36S2. The Balaban J connectivity index is 2.84. The van der Waals surface area contributed by atoms with Gasteiger partial charge in [0.15, 0.2) is 0 Å². The highest BCUT2D eigenvalue weighted by Gasteiger charge is 2.34. The summed E-state index contributed by atoms with van der Waals surface area (Å²) in [5, 5.41) is 0. The third-order valence-electron chi connectivity index (χ3n) is 5.29. The number of benzene rings is 1. The van der Waals surface area contributed by atoms with Gasteiger partial charge in [0, 0.05) is 16.4 Å². The number of hydrogen-bond donors (Lipinski definition) is 1. The van der Waals surface area contributed by atoms with Crippen LogP contribution in [-0.2, 0) is 5.41 Å². The summed E-state index contributed by atoms with van der Waals surface area (Å²) in [4.78, 5) is 0. The molecule has 1 aromatic rings. The van der Waals surface area contributed by atoms with Crippen LogP contribution in [0.5, 0.6) is 0 Å². The second-order valence-electron chi connectivity index (χ2n) is 9.30. The average molecular weight is 365 g/mol. The van der Waals surface area contributed by atoms with E-state index in [2.05, 4.69) is 98.9 Å². The molecule has 0 amide bonds. The van der Waals surface area contributed by atoms with Crippen LogP contribution >= 0.6 is 24.4 Å². The molecule has 0 saturated carbocycles. The molecule has 1 rings (SSSR count). The van der Waals surface area contributed by atoms with Crippen molar-refractivity contribution in [1.82, 2.24) is 0 Å². The van der Waals surface area contributed by atoms with E-state index in [0.717, 1.165) is 11.5 Å². The van der Waals surface area contributed by atoms with Crippen LogP contribution in [0.1, 0.15) is 66.5 Å². The molecule has 0 heterocycles. The number of thioether (sulfide) groups is 1. The molecular weight excluding hydrogens is 328 g/mol. The second-order valence-corrected chi connectivity index (χ2v) is 11.3. The molecule has 0 aliphatic heterocycles. The quantitative estimate of drug-likeness (QED) is 0.525. The summed E-state index contributed by atoms with van der Waals surface area (Å²) in [5.74, 6) is 2.31. The summed E-state index contributed by atoms with van der Waals surface area (Å²) >= 11 is 6.64. The van der Waals surface area contributed by atoms with E-state index in [1.807, 2.05) is 11.8 Å². The molecule has 2 heteroatoms. The molecule has 0 aliphatic carbocycles. The first-order valence-electron chi connectivity index (χ1n) is 8.84. The fourth-order valence-electron chi connectivity index (χ4n) is 2.21. The van der Waals surface area contributed by atoms with Crippen LogP contribution in [0.3, 0.4) is 0 Å². The first-order chi connectivity index (χ1) is 10.8. The zero-order valence-corrected chi connectivity index (χ0v) is 18.6. The monoisotopic (exact) mass is 364 g/mol. The summed E-state index contributed by atoms with van der Waals surface area (Å²) in [6.45, 7) is 22.8. The Hall–Kier alpha value is -0.340. The summed E-state index contributed by atoms with van der Waals surface area (Å²) in [6.07, 6.45) is 0. The van der Waals surface area contributed by atoms with Crippen LogP contribution in [0.15, 0.2) is 30.8 Å². The molecule has 0 spiro atoms. The fourth-order valence-corrected chi connectivity index (χ4v) is 4.10. The molecule has 24 heavy (non-hydrogen) atoms. The van der Waals surface area contributed by atoms with E-state index in [-0.39, 0.29) is 15.6 Å². The van der Waals surface area contributed by atoms with Gasteiger partial charge in [0.2, 0.25) is 0 Å². The van der Waals surface area contributed by atoms with E-state index in [9.17, 15) is 0 Å². The Morgan fingerprint density at radius 1 is 1.00 bits per heavy atom. The maximum absolute atomic E-state index is 4.60. The van der Waals surface area contributed by atoms with Crippen molar-refractivity contribution in [2.45, 2.75) is 65.6 Å². The molecule has 1 aromatic carbocycles. The van der Waals surface area contributed by atoms with Crippen LogP contribution in [0.2, 0.25) is 0 Å². The predicted octanol–water partition coefficient (Wildman–Crippen LogP) is 7.10. The standard InChI is InChI=1S/C22H36S2/c1-16(17-10-12-19(13-11-17)20(2,3)4)18(14-23)15-24-22(8,9)21(5,6)7/h10-13,18,23H,1,14-15H2,2-9H3. The molecule has 136 valence electrons. The van der Waals surface area contributed by atoms with Crippen molar-refractivity contribution >= 4 is 30.0 Å². The Morgan fingerprint density at radius 3 is 1.88 bits per heavy atom. The Kier molecular flexibility index (Phi) is 7.15. The molecule has 0 radical (unpaired) electrons. The van der Waals surface area contributed by atoms with Crippen LogP contribution in [-0.4, -0.2) is 16.3 Å². The zero-order chi connectivity index (χ0) is 18.8. The summed E-state index contributed by atoms with van der Waals surface area (Å²) in [6, 6.07) is 8.92. The molecule has 0 fully saturated rings. The minimum atomic E-state index is 0.190. The first kappa shape index (κ1) is 21.7. The summed E-state index contributed by atoms with van der Waals surface area (Å²) in [5.41, 5.74) is 4.28. The molecule has 0 nitrogen and oxygen atoms in total. The van der Waals surface area contributed by atoms with Gasteiger partial charge < -0.3 is 0 Å². The minimum absolute atomic E-state index is 0.190. The number of rotatable bonds is 6. The molecule has 1 unspecified atom stereocenters. The topological polar surface area (TPSA) is 0 Å². The molecule has 0 saturated heterocycles. The van der Waals surface area contributed by atoms with Gasteiger partial charge in [-0.3, -0.25) is 0 Å². The lowest BCUT2D eigenvalue weighted by Crippen LogP contribution is -2.34. The highest BCUT2D eigenvalue weighted by atomic mass is 32.2. The number of allylic oxidation sites excluding steroid dienone is 1. The highest BCUT2D eigenvalue weighted by Crippen LogP contribution is 2.43. The lowest BCUT2D eigenvalue weighted by atomic mass is 9.82.